The second-order valence-electron chi connectivity index (χ2n) is 8.09. The number of benzene rings is 3. The molecule has 4 rings (SSSR count). The summed E-state index contributed by atoms with van der Waals surface area (Å²) >= 11 is 0. The van der Waals surface area contributed by atoms with Crippen LogP contribution in [0.2, 0.25) is 0 Å². The lowest BCUT2D eigenvalue weighted by Gasteiger charge is -2.22. The van der Waals surface area contributed by atoms with Crippen LogP contribution in [0.3, 0.4) is 0 Å². The summed E-state index contributed by atoms with van der Waals surface area (Å²) in [5.74, 6) is -0.649. The Bertz CT molecular complexity index is 1270. The first-order valence-electron chi connectivity index (χ1n) is 9.57. The SMILES string of the molecule is CC(C)(C)OC(=O)C1=Nc2ccccc2C1NS(=O)(=O)c1cccc2ccccc12. The van der Waals surface area contributed by atoms with Crippen molar-refractivity contribution in [2.75, 3.05) is 0 Å². The fourth-order valence-electron chi connectivity index (χ4n) is 3.44. The highest BCUT2D eigenvalue weighted by atomic mass is 32.2. The Morgan fingerprint density at radius 2 is 1.63 bits per heavy atom. The van der Waals surface area contributed by atoms with Crippen molar-refractivity contribution >= 4 is 38.2 Å². The van der Waals surface area contributed by atoms with Crippen LogP contribution >= 0.6 is 0 Å². The number of hydrogen-bond acceptors (Lipinski definition) is 5. The molecule has 0 bridgehead atoms. The average Bonchev–Trinajstić information content (AvgIpc) is 3.04. The Morgan fingerprint density at radius 1 is 0.967 bits per heavy atom. The molecule has 0 fully saturated rings. The van der Waals surface area contributed by atoms with E-state index in [-0.39, 0.29) is 10.6 Å². The van der Waals surface area contributed by atoms with E-state index in [0.717, 1.165) is 5.39 Å². The fourth-order valence-corrected chi connectivity index (χ4v) is 4.85. The number of para-hydroxylation sites is 1. The van der Waals surface area contributed by atoms with Gasteiger partial charge in [0.05, 0.1) is 16.6 Å². The van der Waals surface area contributed by atoms with Crippen molar-refractivity contribution in [1.29, 1.82) is 0 Å². The van der Waals surface area contributed by atoms with Crippen LogP contribution in [0.4, 0.5) is 5.69 Å². The molecule has 0 aromatic heterocycles. The minimum Gasteiger partial charge on any atom is -0.455 e. The van der Waals surface area contributed by atoms with Crippen molar-refractivity contribution < 1.29 is 17.9 Å². The molecule has 6 nitrogen and oxygen atoms in total. The van der Waals surface area contributed by atoms with Gasteiger partial charge < -0.3 is 4.74 Å². The first-order chi connectivity index (χ1) is 14.2. The summed E-state index contributed by atoms with van der Waals surface area (Å²) in [5.41, 5.74) is 0.453. The summed E-state index contributed by atoms with van der Waals surface area (Å²) in [7, 11) is -3.96. The molecule has 3 aromatic rings. The third-order valence-electron chi connectivity index (χ3n) is 4.68. The number of aliphatic imine (C=N–C) groups is 1. The monoisotopic (exact) mass is 422 g/mol. The van der Waals surface area contributed by atoms with E-state index in [1.807, 2.05) is 18.2 Å². The van der Waals surface area contributed by atoms with Crippen LogP contribution < -0.4 is 4.72 Å². The summed E-state index contributed by atoms with van der Waals surface area (Å²) in [6.45, 7) is 5.26. The summed E-state index contributed by atoms with van der Waals surface area (Å²) in [6, 6.07) is 18.5. The molecule has 0 amide bonds. The predicted molar refractivity (Wildman–Crippen MR) is 116 cm³/mol. The second kappa shape index (κ2) is 7.34. The quantitative estimate of drug-likeness (QED) is 0.636. The third-order valence-corrected chi connectivity index (χ3v) is 6.16. The molecule has 0 saturated heterocycles. The van der Waals surface area contributed by atoms with Gasteiger partial charge in [-0.05, 0) is 38.3 Å². The first-order valence-corrected chi connectivity index (χ1v) is 11.0. The van der Waals surface area contributed by atoms with Crippen LogP contribution in [0.1, 0.15) is 32.4 Å². The van der Waals surface area contributed by atoms with Gasteiger partial charge in [0.1, 0.15) is 11.3 Å². The highest BCUT2D eigenvalue weighted by Crippen LogP contribution is 2.36. The van der Waals surface area contributed by atoms with Crippen molar-refractivity contribution in [2.24, 2.45) is 4.99 Å². The third kappa shape index (κ3) is 3.86. The summed E-state index contributed by atoms with van der Waals surface area (Å²) in [4.78, 5) is 17.3. The number of ether oxygens (including phenoxy) is 1. The lowest BCUT2D eigenvalue weighted by molar-refractivity contribution is -0.146. The molecule has 1 aliphatic heterocycles. The van der Waals surface area contributed by atoms with Crippen molar-refractivity contribution in [1.82, 2.24) is 4.72 Å². The van der Waals surface area contributed by atoms with Gasteiger partial charge in [-0.1, -0.05) is 54.6 Å². The Balaban J connectivity index is 1.75. The summed E-state index contributed by atoms with van der Waals surface area (Å²) < 4.78 is 34.8. The Labute approximate surface area is 175 Å². The number of rotatable bonds is 4. The Morgan fingerprint density at radius 3 is 2.40 bits per heavy atom. The van der Waals surface area contributed by atoms with Gasteiger partial charge in [0.2, 0.25) is 10.0 Å². The van der Waals surface area contributed by atoms with Gasteiger partial charge in [0.15, 0.2) is 0 Å². The molecule has 154 valence electrons. The van der Waals surface area contributed by atoms with E-state index in [9.17, 15) is 13.2 Å². The molecule has 3 aromatic carbocycles. The first kappa shape index (κ1) is 20.3. The van der Waals surface area contributed by atoms with Crippen molar-refractivity contribution in [3.8, 4) is 0 Å². The molecule has 0 spiro atoms. The molecule has 1 heterocycles. The second-order valence-corrected chi connectivity index (χ2v) is 9.77. The van der Waals surface area contributed by atoms with E-state index in [2.05, 4.69) is 9.71 Å². The van der Waals surface area contributed by atoms with Crippen LogP contribution in [-0.4, -0.2) is 25.7 Å². The summed E-state index contributed by atoms with van der Waals surface area (Å²) in [6.07, 6.45) is 0. The van der Waals surface area contributed by atoms with Crippen LogP contribution in [-0.2, 0) is 19.6 Å². The smallest absolute Gasteiger partial charge is 0.355 e. The largest absolute Gasteiger partial charge is 0.455 e. The van der Waals surface area contributed by atoms with E-state index in [4.69, 9.17) is 4.74 Å². The Hall–Kier alpha value is -3.03. The predicted octanol–water partition coefficient (Wildman–Crippen LogP) is 4.29. The molecule has 30 heavy (non-hydrogen) atoms. The lowest BCUT2D eigenvalue weighted by Crippen LogP contribution is -2.38. The van der Waals surface area contributed by atoms with Crippen LogP contribution in [0, 0.1) is 0 Å². The number of hydrogen-bond donors (Lipinski definition) is 1. The molecule has 1 N–H and O–H groups in total. The fraction of sp³-hybridized carbons (Fsp3) is 0.217. The molecule has 0 aliphatic carbocycles. The van der Waals surface area contributed by atoms with Crippen LogP contribution in [0.25, 0.3) is 10.8 Å². The standard InChI is InChI=1S/C23H22N2O4S/c1-23(2,3)29-22(26)21-20(17-12-6-7-13-18(17)24-21)25-30(27,28)19-14-8-10-15-9-4-5-11-16(15)19/h4-14,20,25H,1-3H3. The van der Waals surface area contributed by atoms with E-state index >= 15 is 0 Å². The number of sulfonamides is 1. The summed E-state index contributed by atoms with van der Waals surface area (Å²) in [5, 5.41) is 1.42. The Kier molecular flexibility index (Phi) is 4.95. The maximum absolute atomic E-state index is 13.3. The zero-order valence-electron chi connectivity index (χ0n) is 16.9. The van der Waals surface area contributed by atoms with Gasteiger partial charge in [0.25, 0.3) is 0 Å². The molecule has 0 saturated carbocycles. The van der Waals surface area contributed by atoms with E-state index in [0.29, 0.717) is 16.6 Å². The normalized spacial score (nSPS) is 16.2. The van der Waals surface area contributed by atoms with E-state index in [1.54, 1.807) is 69.3 Å². The number of carbonyl (C=O) groups is 1. The van der Waals surface area contributed by atoms with Gasteiger partial charge in [-0.15, -0.1) is 0 Å². The zero-order valence-corrected chi connectivity index (χ0v) is 17.7. The number of esters is 1. The van der Waals surface area contributed by atoms with Crippen molar-refractivity contribution in [2.45, 2.75) is 37.3 Å². The van der Waals surface area contributed by atoms with E-state index < -0.39 is 27.6 Å². The van der Waals surface area contributed by atoms with Crippen LogP contribution in [0.5, 0.6) is 0 Å². The zero-order chi connectivity index (χ0) is 21.5. The highest BCUT2D eigenvalue weighted by Gasteiger charge is 2.37. The molecule has 7 heteroatoms. The number of fused-ring (bicyclic) bond motifs is 2. The van der Waals surface area contributed by atoms with Crippen molar-refractivity contribution in [3.05, 3.63) is 72.3 Å². The van der Waals surface area contributed by atoms with Gasteiger partial charge in [-0.3, -0.25) is 0 Å². The van der Waals surface area contributed by atoms with Gasteiger partial charge in [-0.25, -0.2) is 18.2 Å². The molecular weight excluding hydrogens is 400 g/mol. The lowest BCUT2D eigenvalue weighted by atomic mass is 10.0. The van der Waals surface area contributed by atoms with Crippen LogP contribution in [0.15, 0.2) is 76.6 Å². The van der Waals surface area contributed by atoms with Crippen molar-refractivity contribution in [3.63, 3.8) is 0 Å². The highest BCUT2D eigenvalue weighted by molar-refractivity contribution is 7.89. The van der Waals surface area contributed by atoms with Gasteiger partial charge in [0, 0.05) is 10.9 Å². The number of nitrogens with one attached hydrogen (secondary N) is 1. The minimum atomic E-state index is -3.96. The molecule has 1 unspecified atom stereocenters. The average molecular weight is 423 g/mol. The van der Waals surface area contributed by atoms with Gasteiger partial charge >= 0.3 is 5.97 Å². The van der Waals surface area contributed by atoms with Gasteiger partial charge in [-0.2, -0.15) is 4.72 Å². The number of carbonyl (C=O) groups excluding carboxylic acids is 1. The maximum Gasteiger partial charge on any atom is 0.355 e. The maximum atomic E-state index is 13.3. The minimum absolute atomic E-state index is 0.0231. The molecule has 0 radical (unpaired) electrons. The molecule has 1 atom stereocenters. The molecular formula is C23H22N2O4S. The van der Waals surface area contributed by atoms with E-state index in [1.165, 1.54) is 0 Å². The topological polar surface area (TPSA) is 84.8 Å². The number of nitrogens with zero attached hydrogens (tertiary/aromatic N) is 1. The molecule has 1 aliphatic rings.